The first kappa shape index (κ1) is 45.4. The van der Waals surface area contributed by atoms with Gasteiger partial charge >= 0.3 is 12.2 Å². The number of nitrogens with one attached hydrogen (secondary N) is 4. The molecule has 0 aliphatic carbocycles. The molecule has 0 radical (unpaired) electrons. The van der Waals surface area contributed by atoms with E-state index in [9.17, 15) is 19.2 Å². The third-order valence-corrected chi connectivity index (χ3v) is 11.1. The smallest absolute Gasteiger partial charge is 0.407 e. The lowest BCUT2D eigenvalue weighted by Gasteiger charge is -2.30. The number of aromatic amines is 2. The summed E-state index contributed by atoms with van der Waals surface area (Å²) in [7, 11) is 5.77. The zero-order valence-corrected chi connectivity index (χ0v) is 36.4. The molecular weight excluding hydrogens is 801 g/mol. The Morgan fingerprint density at radius 1 is 0.677 bits per heavy atom. The van der Waals surface area contributed by atoms with Crippen LogP contribution in [0.3, 0.4) is 0 Å². The topological polar surface area (TPSA) is 212 Å². The third kappa shape index (κ3) is 10.5. The Morgan fingerprint density at radius 3 is 1.60 bits per heavy atom. The van der Waals surface area contributed by atoms with Crippen molar-refractivity contribution in [1.82, 2.24) is 40.4 Å². The highest BCUT2D eigenvalue weighted by Crippen LogP contribution is 2.42. The van der Waals surface area contributed by atoms with Crippen molar-refractivity contribution in [2.24, 2.45) is 5.92 Å². The second-order valence-electron chi connectivity index (χ2n) is 15.6. The quantitative estimate of drug-likeness (QED) is 0.0897. The predicted molar refractivity (Wildman–Crippen MR) is 228 cm³/mol. The molecule has 2 aromatic heterocycles. The summed E-state index contributed by atoms with van der Waals surface area (Å²) in [6.45, 7) is 7.83. The second kappa shape index (κ2) is 21.1. The molecule has 6 rings (SSSR count). The van der Waals surface area contributed by atoms with E-state index >= 15 is 0 Å². The lowest BCUT2D eigenvalue weighted by Crippen LogP contribution is -2.51. The van der Waals surface area contributed by atoms with Crippen molar-refractivity contribution in [2.45, 2.75) is 70.6 Å². The van der Waals surface area contributed by atoms with Crippen molar-refractivity contribution in [3.63, 3.8) is 0 Å². The van der Waals surface area contributed by atoms with E-state index in [1.807, 2.05) is 50.2 Å². The Bertz CT molecular complexity index is 2170. The minimum atomic E-state index is -0.756. The summed E-state index contributed by atoms with van der Waals surface area (Å²) < 4.78 is 32.8. The summed E-state index contributed by atoms with van der Waals surface area (Å²) in [6, 6.07) is 9.73. The zero-order chi connectivity index (χ0) is 44.3. The van der Waals surface area contributed by atoms with E-state index in [4.69, 9.17) is 28.7 Å². The van der Waals surface area contributed by atoms with E-state index in [1.54, 1.807) is 43.3 Å². The fourth-order valence-electron chi connectivity index (χ4n) is 7.89. The predicted octanol–water partition coefficient (Wildman–Crippen LogP) is 5.64. The number of carbonyl (C=O) groups is 4. The Hall–Kier alpha value is -6.14. The molecule has 0 saturated carbocycles. The Balaban J connectivity index is 1.27. The van der Waals surface area contributed by atoms with Gasteiger partial charge in [-0.25, -0.2) is 19.6 Å². The van der Waals surface area contributed by atoms with Crippen LogP contribution in [0.5, 0.6) is 11.5 Å². The molecule has 4 heterocycles. The molecule has 0 unspecified atom stereocenters. The molecule has 4 atom stereocenters. The molecular formula is C44H58N8O10. The molecule has 0 spiro atoms. The van der Waals surface area contributed by atoms with Crippen LogP contribution in [0, 0.1) is 5.92 Å². The summed E-state index contributed by atoms with van der Waals surface area (Å²) in [6.07, 6.45) is 5.23. The van der Waals surface area contributed by atoms with Crippen LogP contribution >= 0.6 is 0 Å². The number of alkyl carbamates (subject to hydrolysis) is 2. The van der Waals surface area contributed by atoms with Gasteiger partial charge in [-0.1, -0.05) is 26.0 Å². The normalized spacial score (nSPS) is 17.2. The number of hydrogen-bond acceptors (Lipinski definition) is 12. The SMILES string of the molecule is COCCOc1cc(-c2cnc([C@@H]3CCCN3C(=O)[C@H](C)NC(=O)OC)[nH]2)ccc1-c1ccc(-c2cnc([C@@H]3CCCN3C(=O)[C@@H](NC(=O)OC)C(C)C)[nH]2)cc1OCCOC. The highest BCUT2D eigenvalue weighted by atomic mass is 16.5. The lowest BCUT2D eigenvalue weighted by molar-refractivity contribution is -0.135. The molecule has 2 aromatic carbocycles. The maximum atomic E-state index is 13.7. The van der Waals surface area contributed by atoms with Gasteiger partial charge in [0.25, 0.3) is 0 Å². The van der Waals surface area contributed by atoms with Crippen LogP contribution in [0.15, 0.2) is 48.8 Å². The molecule has 18 nitrogen and oxygen atoms in total. The Morgan fingerprint density at radius 2 is 1.15 bits per heavy atom. The maximum Gasteiger partial charge on any atom is 0.407 e. The van der Waals surface area contributed by atoms with Crippen LogP contribution < -0.4 is 20.1 Å². The second-order valence-corrected chi connectivity index (χ2v) is 15.6. The molecule has 62 heavy (non-hydrogen) atoms. The van der Waals surface area contributed by atoms with Crippen LogP contribution in [-0.4, -0.2) is 134 Å². The van der Waals surface area contributed by atoms with E-state index in [-0.39, 0.29) is 29.8 Å². The number of rotatable bonds is 18. The van der Waals surface area contributed by atoms with Gasteiger partial charge in [0.2, 0.25) is 11.8 Å². The van der Waals surface area contributed by atoms with Gasteiger partial charge in [0.15, 0.2) is 0 Å². The molecule has 4 amide bonds. The first-order valence-electron chi connectivity index (χ1n) is 20.9. The lowest BCUT2D eigenvalue weighted by atomic mass is 9.98. The van der Waals surface area contributed by atoms with Gasteiger partial charge in [-0.3, -0.25) is 9.59 Å². The van der Waals surface area contributed by atoms with Crippen molar-refractivity contribution < 1.29 is 47.6 Å². The van der Waals surface area contributed by atoms with Gasteiger partial charge < -0.3 is 58.8 Å². The van der Waals surface area contributed by atoms with Crippen molar-refractivity contribution in [3.8, 4) is 45.1 Å². The van der Waals surface area contributed by atoms with E-state index in [0.29, 0.717) is 62.7 Å². The van der Waals surface area contributed by atoms with Crippen molar-refractivity contribution >= 4 is 24.0 Å². The number of carbonyl (C=O) groups excluding carboxylic acids is 4. The molecule has 4 aromatic rings. The molecule has 2 saturated heterocycles. The van der Waals surface area contributed by atoms with Gasteiger partial charge in [0.05, 0.1) is 63.3 Å². The van der Waals surface area contributed by atoms with Gasteiger partial charge in [0.1, 0.15) is 48.4 Å². The van der Waals surface area contributed by atoms with Gasteiger partial charge in [-0.2, -0.15) is 0 Å². The molecule has 2 aliphatic heterocycles. The summed E-state index contributed by atoms with van der Waals surface area (Å²) in [5, 5.41) is 5.26. The van der Waals surface area contributed by atoms with E-state index in [2.05, 4.69) is 30.3 Å². The maximum absolute atomic E-state index is 13.7. The number of imidazole rings is 2. The number of benzene rings is 2. The number of H-pyrrole nitrogens is 2. The number of amides is 4. The van der Waals surface area contributed by atoms with Crippen LogP contribution in [0.4, 0.5) is 9.59 Å². The minimum absolute atomic E-state index is 0.147. The Kier molecular flexibility index (Phi) is 15.4. The highest BCUT2D eigenvalue weighted by molar-refractivity contribution is 5.87. The molecule has 2 fully saturated rings. The van der Waals surface area contributed by atoms with Gasteiger partial charge in [-0.15, -0.1) is 0 Å². The standard InChI is InChI=1S/C44H58N8O10/c1-26(2)38(50-44(56)60-7)42(54)52-17-9-11-35(52)40-46-25-33(49-40)29-13-15-31(37(23-29)62-21-19-58-5)30-14-12-28(22-36(30)61-20-18-57-4)32-24-45-39(48-32)34-10-8-16-51(34)41(53)27(3)47-43(55)59-6/h12-15,22-27,34-35,38H,8-11,16-21H2,1-7H3,(H,45,48)(H,46,49)(H,47,55)(H,50,56)/t27-,34-,35-,38-/m0/s1. The van der Waals surface area contributed by atoms with Crippen LogP contribution in [0.1, 0.15) is 70.2 Å². The van der Waals surface area contributed by atoms with Crippen molar-refractivity contribution in [2.75, 3.05) is 68.0 Å². The van der Waals surface area contributed by atoms with Crippen LogP contribution in [0.25, 0.3) is 33.6 Å². The summed E-state index contributed by atoms with van der Waals surface area (Å²) in [4.78, 5) is 70.7. The van der Waals surface area contributed by atoms with E-state index < -0.39 is 24.3 Å². The van der Waals surface area contributed by atoms with Gasteiger partial charge in [-0.05, 0) is 62.8 Å². The number of hydrogen-bond donors (Lipinski definition) is 4. The molecule has 334 valence electrons. The number of methoxy groups -OCH3 is 4. The Labute approximate surface area is 361 Å². The zero-order valence-electron chi connectivity index (χ0n) is 36.4. The monoisotopic (exact) mass is 858 g/mol. The average Bonchev–Trinajstić information content (AvgIpc) is 4.12. The van der Waals surface area contributed by atoms with Crippen molar-refractivity contribution in [3.05, 3.63) is 60.4 Å². The van der Waals surface area contributed by atoms with Crippen LogP contribution in [-0.2, 0) is 28.5 Å². The summed E-state index contributed by atoms with van der Waals surface area (Å²) in [5.41, 5.74) is 4.70. The first-order valence-corrected chi connectivity index (χ1v) is 20.9. The van der Waals surface area contributed by atoms with Crippen LogP contribution in [0.2, 0.25) is 0 Å². The van der Waals surface area contributed by atoms with E-state index in [0.717, 1.165) is 59.3 Å². The number of aromatic nitrogens is 4. The largest absolute Gasteiger partial charge is 0.491 e. The fraction of sp³-hybridized carbons (Fsp3) is 0.500. The number of nitrogens with zero attached hydrogens (tertiary/aromatic N) is 4. The van der Waals surface area contributed by atoms with Crippen molar-refractivity contribution in [1.29, 1.82) is 0 Å². The van der Waals surface area contributed by atoms with E-state index in [1.165, 1.54) is 14.2 Å². The number of likely N-dealkylation sites (tertiary alicyclic amines) is 2. The average molecular weight is 859 g/mol. The first-order chi connectivity index (χ1) is 30.0. The molecule has 18 heteroatoms. The summed E-state index contributed by atoms with van der Waals surface area (Å²) >= 11 is 0. The third-order valence-electron chi connectivity index (χ3n) is 11.1. The molecule has 4 N–H and O–H groups in total. The highest BCUT2D eigenvalue weighted by Gasteiger charge is 2.38. The molecule has 2 aliphatic rings. The summed E-state index contributed by atoms with van der Waals surface area (Å²) in [5.74, 6) is 1.95. The van der Waals surface area contributed by atoms with Gasteiger partial charge in [0, 0.05) is 49.6 Å². The number of ether oxygens (including phenoxy) is 6. The molecule has 0 bridgehead atoms. The fourth-order valence-corrected chi connectivity index (χ4v) is 7.89. The minimum Gasteiger partial charge on any atom is -0.491 e.